The third kappa shape index (κ3) is 3.92. The fraction of sp³-hybridized carbons (Fsp3) is 0.100. The molecule has 4 nitrogen and oxygen atoms in total. The van der Waals surface area contributed by atoms with E-state index in [0.29, 0.717) is 16.8 Å². The van der Waals surface area contributed by atoms with E-state index in [1.807, 2.05) is 30.3 Å². The van der Waals surface area contributed by atoms with Gasteiger partial charge in [0.05, 0.1) is 10.6 Å². The van der Waals surface area contributed by atoms with Crippen molar-refractivity contribution in [1.29, 1.82) is 0 Å². The molecule has 0 aromatic heterocycles. The molecule has 26 heavy (non-hydrogen) atoms. The molecule has 6 heteroatoms. The maximum Gasteiger partial charge on any atom is 0.261 e. The van der Waals surface area contributed by atoms with Gasteiger partial charge >= 0.3 is 0 Å². The number of para-hydroxylation sites is 1. The molecular weight excluding hydrogens is 461 g/mol. The second kappa shape index (κ2) is 7.38. The molecule has 3 aromatic carbocycles. The molecule has 3 rings (SSSR count). The molecule has 0 heterocycles. The number of nitrogens with one attached hydrogen (secondary N) is 1. The highest BCUT2D eigenvalue weighted by Gasteiger charge is 2.29. The van der Waals surface area contributed by atoms with Gasteiger partial charge in [0.25, 0.3) is 10.0 Å². The number of benzene rings is 3. The highest BCUT2D eigenvalue weighted by Crippen LogP contribution is 2.34. The molecular formula is C20H18INO3S. The topological polar surface area (TPSA) is 66.4 Å². The molecule has 134 valence electrons. The Bertz CT molecular complexity index is 1000. The zero-order chi connectivity index (χ0) is 18.8. The van der Waals surface area contributed by atoms with Crippen molar-refractivity contribution in [2.75, 3.05) is 4.72 Å². The first-order valence-electron chi connectivity index (χ1n) is 7.96. The Morgan fingerprint density at radius 3 is 2.12 bits per heavy atom. The van der Waals surface area contributed by atoms with E-state index in [2.05, 4.69) is 27.3 Å². The molecule has 0 aliphatic heterocycles. The Hall–Kier alpha value is -1.90. The van der Waals surface area contributed by atoms with Gasteiger partial charge in [-0.3, -0.25) is 4.72 Å². The maximum absolute atomic E-state index is 12.7. The number of hydrogen-bond donors (Lipinski definition) is 2. The summed E-state index contributed by atoms with van der Waals surface area (Å²) >= 11 is 2.12. The zero-order valence-electron chi connectivity index (χ0n) is 14.1. The van der Waals surface area contributed by atoms with Crippen LogP contribution in [-0.2, 0) is 15.6 Å². The second-order valence-electron chi connectivity index (χ2n) is 6.04. The lowest BCUT2D eigenvalue weighted by molar-refractivity contribution is 0.103. The van der Waals surface area contributed by atoms with E-state index in [1.54, 1.807) is 55.5 Å². The zero-order valence-corrected chi connectivity index (χ0v) is 17.0. The summed E-state index contributed by atoms with van der Waals surface area (Å²) in [7, 11) is -3.76. The van der Waals surface area contributed by atoms with Crippen molar-refractivity contribution in [1.82, 2.24) is 0 Å². The van der Waals surface area contributed by atoms with Crippen LogP contribution in [0.3, 0.4) is 0 Å². The molecule has 3 aromatic rings. The average Bonchev–Trinajstić information content (AvgIpc) is 2.63. The Balaban J connectivity index is 2.01. The molecule has 2 N–H and O–H groups in total. The summed E-state index contributed by atoms with van der Waals surface area (Å²) < 4.78 is 29.0. The van der Waals surface area contributed by atoms with Crippen LogP contribution in [0.1, 0.15) is 18.1 Å². The summed E-state index contributed by atoms with van der Waals surface area (Å²) in [5, 5.41) is 11.1. The monoisotopic (exact) mass is 479 g/mol. The van der Waals surface area contributed by atoms with Crippen LogP contribution in [0.2, 0.25) is 0 Å². The highest BCUT2D eigenvalue weighted by atomic mass is 127. The van der Waals surface area contributed by atoms with Crippen molar-refractivity contribution in [2.24, 2.45) is 0 Å². The van der Waals surface area contributed by atoms with E-state index < -0.39 is 15.6 Å². The van der Waals surface area contributed by atoms with Crippen molar-refractivity contribution in [3.8, 4) is 0 Å². The third-order valence-corrected chi connectivity index (χ3v) is 6.26. The van der Waals surface area contributed by atoms with Gasteiger partial charge in [0.1, 0.15) is 5.60 Å². The number of rotatable bonds is 5. The molecule has 0 bridgehead atoms. The van der Waals surface area contributed by atoms with Crippen LogP contribution in [-0.4, -0.2) is 13.5 Å². The molecule has 0 fully saturated rings. The van der Waals surface area contributed by atoms with Crippen LogP contribution in [0.25, 0.3) is 0 Å². The van der Waals surface area contributed by atoms with Gasteiger partial charge in [-0.15, -0.1) is 0 Å². The van der Waals surface area contributed by atoms with Crippen molar-refractivity contribution in [3.05, 3.63) is 93.6 Å². The summed E-state index contributed by atoms with van der Waals surface area (Å²) in [5.41, 5.74) is 0.174. The molecule has 0 radical (unpaired) electrons. The number of hydrogen-bond acceptors (Lipinski definition) is 3. The van der Waals surface area contributed by atoms with Gasteiger partial charge < -0.3 is 5.11 Å². The van der Waals surface area contributed by atoms with Crippen LogP contribution >= 0.6 is 22.6 Å². The first-order chi connectivity index (χ1) is 12.3. The summed E-state index contributed by atoms with van der Waals surface area (Å²) in [6, 6.07) is 22.6. The smallest absolute Gasteiger partial charge is 0.261 e. The molecule has 1 unspecified atom stereocenters. The fourth-order valence-electron chi connectivity index (χ4n) is 2.73. The normalized spacial score (nSPS) is 13.8. The first kappa shape index (κ1) is 18.9. The Kier molecular flexibility index (Phi) is 5.36. The van der Waals surface area contributed by atoms with Crippen LogP contribution in [0, 0.1) is 3.57 Å². The predicted molar refractivity (Wildman–Crippen MR) is 112 cm³/mol. The molecule has 1 atom stereocenters. The lowest BCUT2D eigenvalue weighted by atomic mass is 9.87. The van der Waals surface area contributed by atoms with Gasteiger partial charge in [-0.1, -0.05) is 48.5 Å². The van der Waals surface area contributed by atoms with Crippen LogP contribution in [0.15, 0.2) is 83.8 Å². The predicted octanol–water partition coefficient (Wildman–Crippen LogP) is 4.35. The van der Waals surface area contributed by atoms with Crippen LogP contribution in [0.5, 0.6) is 0 Å². The molecule has 0 amide bonds. The number of sulfonamides is 1. The average molecular weight is 479 g/mol. The Morgan fingerprint density at radius 1 is 0.885 bits per heavy atom. The van der Waals surface area contributed by atoms with Gasteiger partial charge in [0, 0.05) is 9.13 Å². The molecule has 0 saturated heterocycles. The third-order valence-electron chi connectivity index (χ3n) is 4.16. The lowest BCUT2D eigenvalue weighted by Crippen LogP contribution is -2.25. The lowest BCUT2D eigenvalue weighted by Gasteiger charge is -2.27. The Labute approximate surface area is 167 Å². The number of halogens is 1. The van der Waals surface area contributed by atoms with Crippen molar-refractivity contribution in [3.63, 3.8) is 0 Å². The molecule has 0 aliphatic carbocycles. The van der Waals surface area contributed by atoms with E-state index in [4.69, 9.17) is 0 Å². The standard InChI is InChI=1S/C20H18INO3S/c1-20(23,15-7-3-2-4-8-15)18-9-5-6-10-19(18)22-26(24,25)17-13-11-16(21)12-14-17/h2-14,22-23H,1H3. The first-order valence-corrected chi connectivity index (χ1v) is 10.5. The number of anilines is 1. The van der Waals surface area contributed by atoms with Gasteiger partial charge in [0.2, 0.25) is 0 Å². The van der Waals surface area contributed by atoms with Gasteiger partial charge in [-0.25, -0.2) is 8.42 Å². The van der Waals surface area contributed by atoms with Crippen LogP contribution in [0.4, 0.5) is 5.69 Å². The summed E-state index contributed by atoms with van der Waals surface area (Å²) in [6.07, 6.45) is 0. The maximum atomic E-state index is 12.7. The van der Waals surface area contributed by atoms with Gasteiger partial charge in [-0.05, 0) is 65.4 Å². The van der Waals surface area contributed by atoms with E-state index in [-0.39, 0.29) is 4.90 Å². The molecule has 0 saturated carbocycles. The Morgan fingerprint density at radius 2 is 1.46 bits per heavy atom. The van der Waals surface area contributed by atoms with E-state index in [9.17, 15) is 13.5 Å². The minimum Gasteiger partial charge on any atom is -0.381 e. The fourth-order valence-corrected chi connectivity index (χ4v) is 4.17. The van der Waals surface area contributed by atoms with E-state index in [1.165, 1.54) is 0 Å². The summed E-state index contributed by atoms with van der Waals surface area (Å²) in [4.78, 5) is 0.173. The van der Waals surface area contributed by atoms with Crippen molar-refractivity contribution >= 4 is 38.3 Å². The minimum absolute atomic E-state index is 0.173. The van der Waals surface area contributed by atoms with Gasteiger partial charge in [-0.2, -0.15) is 0 Å². The molecule has 0 aliphatic rings. The van der Waals surface area contributed by atoms with Crippen molar-refractivity contribution in [2.45, 2.75) is 17.4 Å². The summed E-state index contributed by atoms with van der Waals surface area (Å²) in [6.45, 7) is 1.65. The number of aliphatic hydroxyl groups is 1. The second-order valence-corrected chi connectivity index (χ2v) is 8.97. The highest BCUT2D eigenvalue weighted by molar-refractivity contribution is 14.1. The van der Waals surface area contributed by atoms with Gasteiger partial charge in [0.15, 0.2) is 0 Å². The SMILES string of the molecule is CC(O)(c1ccccc1)c1ccccc1NS(=O)(=O)c1ccc(I)cc1. The summed E-state index contributed by atoms with van der Waals surface area (Å²) in [5.74, 6) is 0. The largest absolute Gasteiger partial charge is 0.381 e. The van der Waals surface area contributed by atoms with Crippen molar-refractivity contribution < 1.29 is 13.5 Å². The van der Waals surface area contributed by atoms with Crippen LogP contribution < -0.4 is 4.72 Å². The quantitative estimate of drug-likeness (QED) is 0.535. The van der Waals surface area contributed by atoms with E-state index >= 15 is 0 Å². The van der Waals surface area contributed by atoms with E-state index in [0.717, 1.165) is 3.57 Å². The minimum atomic E-state index is -3.76. The molecule has 0 spiro atoms.